The molecule has 0 saturated carbocycles. The van der Waals surface area contributed by atoms with Gasteiger partial charge in [0.1, 0.15) is 18.6 Å². The number of benzene rings is 1. The molecule has 2 aliphatic rings. The van der Waals surface area contributed by atoms with Gasteiger partial charge in [-0.25, -0.2) is 9.97 Å². The van der Waals surface area contributed by atoms with E-state index in [0.29, 0.717) is 18.9 Å². The van der Waals surface area contributed by atoms with Gasteiger partial charge in [0.05, 0.1) is 45.8 Å². The number of aromatic hydroxyl groups is 1. The highest BCUT2D eigenvalue weighted by molar-refractivity contribution is 7.15. The highest BCUT2D eigenvalue weighted by Gasteiger charge is 2.35. The van der Waals surface area contributed by atoms with Gasteiger partial charge >= 0.3 is 6.18 Å². The smallest absolute Gasteiger partial charge is 0.416 e. The Morgan fingerprint density at radius 1 is 1.19 bits per heavy atom. The minimum absolute atomic E-state index is 0.0205. The summed E-state index contributed by atoms with van der Waals surface area (Å²) in [7, 11) is 0. The molecule has 278 valence electrons. The number of carbonyl (C=O) groups excluding carboxylic acids is 2. The van der Waals surface area contributed by atoms with E-state index in [0.717, 1.165) is 44.5 Å². The number of halogens is 4. The van der Waals surface area contributed by atoms with Crippen LogP contribution in [0.3, 0.4) is 0 Å². The van der Waals surface area contributed by atoms with Gasteiger partial charge in [-0.2, -0.15) is 22.7 Å². The van der Waals surface area contributed by atoms with Crippen LogP contribution in [0.5, 0.6) is 5.75 Å². The molecule has 6 heterocycles. The van der Waals surface area contributed by atoms with Crippen molar-refractivity contribution in [3.63, 3.8) is 0 Å². The molecule has 0 bridgehead atoms. The number of fused-ring (bicyclic) bond motifs is 2. The molecule has 0 spiro atoms. The van der Waals surface area contributed by atoms with Crippen molar-refractivity contribution in [1.29, 1.82) is 0 Å². The first kappa shape index (κ1) is 36.3. The molecule has 2 N–H and O–H groups in total. The second-order valence-electron chi connectivity index (χ2n) is 12.7. The van der Waals surface area contributed by atoms with E-state index in [4.69, 9.17) is 21.3 Å². The molecule has 1 fully saturated rings. The minimum atomic E-state index is -4.62. The van der Waals surface area contributed by atoms with Crippen molar-refractivity contribution >= 4 is 51.9 Å². The Hall–Kier alpha value is -5.07. The van der Waals surface area contributed by atoms with Crippen LogP contribution in [-0.2, 0) is 41.7 Å². The van der Waals surface area contributed by atoms with Gasteiger partial charge in [-0.3, -0.25) is 14.4 Å². The number of ether oxygens (including phenoxy) is 1. The SMILES string of the molecule is CCc1c(N2CCN(C(=O)c3ncnc(C)c3O)C[C@@H]2C)c(=O)n2nc(-c3cc4c(s3)COCC4)nc2n1CC(=O)Nc1ccc(C(F)(F)F)cc1Cl. The lowest BCUT2D eigenvalue weighted by atomic mass is 10.1. The van der Waals surface area contributed by atoms with Crippen LogP contribution in [0.4, 0.5) is 24.5 Å². The number of aromatic nitrogens is 6. The van der Waals surface area contributed by atoms with Crippen molar-refractivity contribution in [2.75, 3.05) is 36.5 Å². The van der Waals surface area contributed by atoms with Crippen LogP contribution in [0.2, 0.25) is 5.02 Å². The Labute approximate surface area is 308 Å². The summed E-state index contributed by atoms with van der Waals surface area (Å²) in [5, 5.41) is 17.4. The topological polar surface area (TPSA) is 160 Å². The predicted molar refractivity (Wildman–Crippen MR) is 190 cm³/mol. The molecular weight excluding hydrogens is 739 g/mol. The van der Waals surface area contributed by atoms with Crippen LogP contribution in [0, 0.1) is 6.92 Å². The van der Waals surface area contributed by atoms with Gasteiger partial charge in [0.25, 0.3) is 11.5 Å². The van der Waals surface area contributed by atoms with Crippen molar-refractivity contribution in [2.45, 2.75) is 59.0 Å². The predicted octanol–water partition coefficient (Wildman–Crippen LogP) is 4.72. The van der Waals surface area contributed by atoms with E-state index in [1.165, 1.54) is 17.7 Å². The third kappa shape index (κ3) is 6.81. The maximum atomic E-state index is 14.4. The van der Waals surface area contributed by atoms with Crippen molar-refractivity contribution < 1.29 is 32.6 Å². The fraction of sp³-hybridized carbons (Fsp3) is 0.382. The molecule has 0 radical (unpaired) electrons. The second kappa shape index (κ2) is 14.1. The van der Waals surface area contributed by atoms with Crippen molar-refractivity contribution in [3.8, 4) is 16.5 Å². The number of nitrogens with one attached hydrogen (secondary N) is 1. The number of anilines is 2. The summed E-state index contributed by atoms with van der Waals surface area (Å²) in [4.78, 5) is 59.3. The fourth-order valence-corrected chi connectivity index (χ4v) is 7.94. The van der Waals surface area contributed by atoms with Gasteiger partial charge in [-0.05, 0) is 56.5 Å². The molecule has 19 heteroatoms. The first-order chi connectivity index (χ1) is 25.2. The number of alkyl halides is 3. The van der Waals surface area contributed by atoms with E-state index in [2.05, 4.69) is 20.4 Å². The Balaban J connectivity index is 1.27. The fourth-order valence-electron chi connectivity index (χ4n) is 6.64. The van der Waals surface area contributed by atoms with Crippen molar-refractivity contribution in [3.05, 3.63) is 79.1 Å². The number of thiophene rings is 1. The Morgan fingerprint density at radius 2 is 1.98 bits per heavy atom. The van der Waals surface area contributed by atoms with Gasteiger partial charge in [0.15, 0.2) is 17.3 Å². The molecule has 4 aromatic heterocycles. The summed E-state index contributed by atoms with van der Waals surface area (Å²) >= 11 is 7.61. The number of hydrogen-bond donors (Lipinski definition) is 2. The van der Waals surface area contributed by atoms with Crippen molar-refractivity contribution in [1.82, 2.24) is 34.0 Å². The maximum Gasteiger partial charge on any atom is 0.416 e. The molecule has 14 nitrogen and oxygen atoms in total. The van der Waals surface area contributed by atoms with E-state index in [1.54, 1.807) is 16.4 Å². The number of rotatable bonds is 7. The molecule has 2 aliphatic heterocycles. The van der Waals surface area contributed by atoms with E-state index in [9.17, 15) is 32.7 Å². The molecule has 5 aromatic rings. The van der Waals surface area contributed by atoms with Gasteiger partial charge in [-0.15, -0.1) is 16.4 Å². The zero-order valence-corrected chi connectivity index (χ0v) is 30.3. The summed E-state index contributed by atoms with van der Waals surface area (Å²) < 4.78 is 48.1. The van der Waals surface area contributed by atoms with E-state index in [1.807, 2.05) is 24.8 Å². The Bertz CT molecular complexity index is 2300. The van der Waals surface area contributed by atoms with Crippen LogP contribution < -0.4 is 15.8 Å². The molecule has 7 rings (SSSR count). The average molecular weight is 772 g/mol. The first-order valence-electron chi connectivity index (χ1n) is 16.7. The monoisotopic (exact) mass is 771 g/mol. The minimum Gasteiger partial charge on any atom is -0.504 e. The molecule has 0 aliphatic carbocycles. The summed E-state index contributed by atoms with van der Waals surface area (Å²) in [6.07, 6.45) is -2.40. The van der Waals surface area contributed by atoms with Crippen molar-refractivity contribution in [2.24, 2.45) is 0 Å². The third-order valence-electron chi connectivity index (χ3n) is 9.31. The molecular formula is C34H33ClF3N9O5S. The van der Waals surface area contributed by atoms with E-state index in [-0.39, 0.29) is 77.7 Å². The largest absolute Gasteiger partial charge is 0.504 e. The Kier molecular flexibility index (Phi) is 9.62. The normalized spacial score (nSPS) is 16.2. The quantitative estimate of drug-likeness (QED) is 0.237. The number of carbonyl (C=O) groups is 2. The van der Waals surface area contributed by atoms with Crippen LogP contribution >= 0.6 is 22.9 Å². The van der Waals surface area contributed by atoms with Crippen LogP contribution in [0.25, 0.3) is 16.5 Å². The highest BCUT2D eigenvalue weighted by Crippen LogP contribution is 2.35. The lowest BCUT2D eigenvalue weighted by Crippen LogP contribution is -2.55. The number of hydrogen-bond acceptors (Lipinski definition) is 11. The number of amides is 2. The second-order valence-corrected chi connectivity index (χ2v) is 14.3. The van der Waals surface area contributed by atoms with E-state index < -0.39 is 35.2 Å². The summed E-state index contributed by atoms with van der Waals surface area (Å²) in [6.45, 7) is 6.49. The Morgan fingerprint density at radius 3 is 2.68 bits per heavy atom. The van der Waals surface area contributed by atoms with Gasteiger partial charge in [-0.1, -0.05) is 18.5 Å². The summed E-state index contributed by atoms with van der Waals surface area (Å²) in [5.41, 5.74) is 0.529. The summed E-state index contributed by atoms with van der Waals surface area (Å²) in [5.74, 6) is -1.03. The molecule has 1 saturated heterocycles. The molecule has 53 heavy (non-hydrogen) atoms. The standard InChI is InChI=1S/C34H33ClF3N9O5S/c1-4-23-28(45-9-8-44(13-17(45)2)31(50)27-29(49)18(3)39-16-40-27)32(51)47-33(42-30(43-47)24-11-19-7-10-52-15-25(19)53-24)46(23)14-26(48)41-22-6-5-20(12-21(22)35)34(36,37)38/h5-6,11-12,16-17,49H,4,7-10,13-15H2,1-3H3,(H,41,48)/t17-/m0/s1. The first-order valence-corrected chi connectivity index (χ1v) is 17.9. The number of piperazine rings is 1. The molecule has 0 unspecified atom stereocenters. The van der Waals surface area contributed by atoms with Gasteiger partial charge in [0, 0.05) is 30.6 Å². The van der Waals surface area contributed by atoms with Gasteiger partial charge < -0.3 is 29.5 Å². The zero-order valence-electron chi connectivity index (χ0n) is 28.7. The lowest BCUT2D eigenvalue weighted by molar-refractivity contribution is -0.137. The van der Waals surface area contributed by atoms with Gasteiger partial charge in [0.2, 0.25) is 11.7 Å². The molecule has 2 amide bonds. The zero-order chi connectivity index (χ0) is 37.8. The maximum absolute atomic E-state index is 14.4. The third-order valence-corrected chi connectivity index (χ3v) is 10.8. The number of nitrogens with zero attached hydrogens (tertiary/aromatic N) is 8. The molecule has 1 aromatic carbocycles. The van der Waals surface area contributed by atoms with Crippen LogP contribution in [0.1, 0.15) is 51.7 Å². The summed E-state index contributed by atoms with van der Waals surface area (Å²) in [6, 6.07) is 4.21. The lowest BCUT2D eigenvalue weighted by Gasteiger charge is -2.41. The average Bonchev–Trinajstić information content (AvgIpc) is 3.76. The van der Waals surface area contributed by atoms with Crippen LogP contribution in [0.15, 0.2) is 35.4 Å². The van der Waals surface area contributed by atoms with Crippen LogP contribution in [-0.4, -0.2) is 83.2 Å². The number of aryl methyl sites for hydroxylation is 1. The molecule has 1 atom stereocenters. The van der Waals surface area contributed by atoms with E-state index >= 15 is 0 Å². The highest BCUT2D eigenvalue weighted by atomic mass is 35.5.